The predicted octanol–water partition coefficient (Wildman–Crippen LogP) is 2.53. The number of methoxy groups -OCH3 is 1. The number of hydrogen-bond donors (Lipinski definition) is 0. The molecular formula is C16H18N4O2. The van der Waals surface area contributed by atoms with E-state index in [0.717, 1.165) is 22.7 Å². The first kappa shape index (κ1) is 14.3. The second-order valence-electron chi connectivity index (χ2n) is 5.21. The van der Waals surface area contributed by atoms with E-state index in [2.05, 4.69) is 15.2 Å². The lowest BCUT2D eigenvalue weighted by molar-refractivity contribution is 0.360. The van der Waals surface area contributed by atoms with Gasteiger partial charge in [0.25, 0.3) is 0 Å². The van der Waals surface area contributed by atoms with Crippen LogP contribution in [0.4, 0.5) is 0 Å². The lowest BCUT2D eigenvalue weighted by Gasteiger charge is -2.00. The van der Waals surface area contributed by atoms with Crippen molar-refractivity contribution < 1.29 is 9.26 Å². The highest BCUT2D eigenvalue weighted by Gasteiger charge is 2.10. The molecule has 6 heteroatoms. The Bertz CT molecular complexity index is 759. The van der Waals surface area contributed by atoms with Crippen LogP contribution in [0.15, 0.2) is 34.9 Å². The molecule has 0 aliphatic carbocycles. The maximum absolute atomic E-state index is 5.30. The van der Waals surface area contributed by atoms with Crippen molar-refractivity contribution >= 4 is 0 Å². The third-order valence-corrected chi connectivity index (χ3v) is 3.42. The summed E-state index contributed by atoms with van der Waals surface area (Å²) < 4.78 is 12.3. The Kier molecular flexibility index (Phi) is 3.91. The van der Waals surface area contributed by atoms with Crippen LogP contribution >= 0.6 is 0 Å². The Labute approximate surface area is 128 Å². The van der Waals surface area contributed by atoms with Gasteiger partial charge in [0.1, 0.15) is 12.3 Å². The minimum absolute atomic E-state index is 0.495. The first-order valence-electron chi connectivity index (χ1n) is 7.09. The molecule has 0 bridgehead atoms. The first-order valence-corrected chi connectivity index (χ1v) is 7.09. The SMILES string of the molecule is COc1ccc(Cc2noc(Cn3nc(C)cc3C)n2)cc1. The van der Waals surface area contributed by atoms with Crippen LogP contribution in [0, 0.1) is 13.8 Å². The molecule has 0 unspecified atom stereocenters. The van der Waals surface area contributed by atoms with Gasteiger partial charge in [-0.3, -0.25) is 4.68 Å². The van der Waals surface area contributed by atoms with Gasteiger partial charge in [0.05, 0.1) is 12.8 Å². The van der Waals surface area contributed by atoms with E-state index < -0.39 is 0 Å². The van der Waals surface area contributed by atoms with Crippen molar-refractivity contribution in [2.24, 2.45) is 0 Å². The second-order valence-corrected chi connectivity index (χ2v) is 5.21. The van der Waals surface area contributed by atoms with Crippen LogP contribution in [0.2, 0.25) is 0 Å². The molecule has 0 spiro atoms. The van der Waals surface area contributed by atoms with Gasteiger partial charge in [0.15, 0.2) is 5.82 Å². The van der Waals surface area contributed by atoms with Crippen LogP contribution in [0.5, 0.6) is 5.75 Å². The van der Waals surface area contributed by atoms with Crippen LogP contribution < -0.4 is 4.74 Å². The largest absolute Gasteiger partial charge is 0.497 e. The Morgan fingerprint density at radius 2 is 1.95 bits per heavy atom. The Morgan fingerprint density at radius 3 is 2.59 bits per heavy atom. The van der Waals surface area contributed by atoms with Gasteiger partial charge >= 0.3 is 0 Å². The van der Waals surface area contributed by atoms with E-state index in [4.69, 9.17) is 9.26 Å². The quantitative estimate of drug-likeness (QED) is 0.724. The van der Waals surface area contributed by atoms with Crippen LogP contribution in [0.3, 0.4) is 0 Å². The fraction of sp³-hybridized carbons (Fsp3) is 0.312. The number of ether oxygens (including phenoxy) is 1. The molecule has 1 aromatic carbocycles. The summed E-state index contributed by atoms with van der Waals surface area (Å²) in [6, 6.07) is 9.86. The molecule has 0 N–H and O–H groups in total. The van der Waals surface area contributed by atoms with E-state index in [9.17, 15) is 0 Å². The van der Waals surface area contributed by atoms with Gasteiger partial charge in [0.2, 0.25) is 5.89 Å². The number of aromatic nitrogens is 4. The summed E-state index contributed by atoms with van der Waals surface area (Å²) >= 11 is 0. The minimum atomic E-state index is 0.495. The smallest absolute Gasteiger partial charge is 0.248 e. The lowest BCUT2D eigenvalue weighted by Crippen LogP contribution is -2.04. The summed E-state index contributed by atoms with van der Waals surface area (Å²) in [5.41, 5.74) is 3.17. The van der Waals surface area contributed by atoms with Crippen molar-refractivity contribution in [1.29, 1.82) is 0 Å². The minimum Gasteiger partial charge on any atom is -0.497 e. The summed E-state index contributed by atoms with van der Waals surface area (Å²) in [4.78, 5) is 4.42. The molecule has 0 radical (unpaired) electrons. The average Bonchev–Trinajstić information content (AvgIpc) is 3.07. The molecule has 0 aliphatic rings. The van der Waals surface area contributed by atoms with Crippen molar-refractivity contribution in [2.45, 2.75) is 26.8 Å². The van der Waals surface area contributed by atoms with E-state index in [-0.39, 0.29) is 0 Å². The third kappa shape index (κ3) is 3.16. The number of hydrogen-bond acceptors (Lipinski definition) is 5. The molecular weight excluding hydrogens is 280 g/mol. The van der Waals surface area contributed by atoms with E-state index in [0.29, 0.717) is 24.7 Å². The van der Waals surface area contributed by atoms with E-state index in [1.165, 1.54) is 0 Å². The fourth-order valence-corrected chi connectivity index (χ4v) is 2.32. The molecule has 0 saturated carbocycles. The van der Waals surface area contributed by atoms with Gasteiger partial charge in [-0.15, -0.1) is 0 Å². The third-order valence-electron chi connectivity index (χ3n) is 3.42. The summed E-state index contributed by atoms with van der Waals surface area (Å²) in [6.45, 7) is 4.47. The highest BCUT2D eigenvalue weighted by atomic mass is 16.5. The fourth-order valence-electron chi connectivity index (χ4n) is 2.32. The van der Waals surface area contributed by atoms with Crippen molar-refractivity contribution in [2.75, 3.05) is 7.11 Å². The summed E-state index contributed by atoms with van der Waals surface area (Å²) in [7, 11) is 1.65. The van der Waals surface area contributed by atoms with Crippen molar-refractivity contribution in [3.05, 3.63) is 59.0 Å². The number of benzene rings is 1. The molecule has 0 aliphatic heterocycles. The molecule has 3 aromatic rings. The molecule has 114 valence electrons. The molecule has 0 atom stereocenters. The summed E-state index contributed by atoms with van der Waals surface area (Å²) in [5.74, 6) is 2.07. The monoisotopic (exact) mass is 298 g/mol. The average molecular weight is 298 g/mol. The van der Waals surface area contributed by atoms with Crippen LogP contribution in [0.1, 0.15) is 28.7 Å². The molecule has 2 heterocycles. The van der Waals surface area contributed by atoms with Gasteiger partial charge in [-0.1, -0.05) is 17.3 Å². The highest BCUT2D eigenvalue weighted by Crippen LogP contribution is 2.14. The molecule has 0 fully saturated rings. The Morgan fingerprint density at radius 1 is 1.18 bits per heavy atom. The zero-order chi connectivity index (χ0) is 15.5. The van der Waals surface area contributed by atoms with Gasteiger partial charge in [-0.2, -0.15) is 10.1 Å². The van der Waals surface area contributed by atoms with Gasteiger partial charge in [-0.05, 0) is 37.6 Å². The van der Waals surface area contributed by atoms with Crippen molar-refractivity contribution in [1.82, 2.24) is 19.9 Å². The molecule has 2 aromatic heterocycles. The molecule has 22 heavy (non-hydrogen) atoms. The van der Waals surface area contributed by atoms with Gasteiger partial charge in [0, 0.05) is 12.1 Å². The Hall–Kier alpha value is -2.63. The molecule has 6 nitrogen and oxygen atoms in total. The maximum atomic E-state index is 5.30. The topological polar surface area (TPSA) is 66.0 Å². The standard InChI is InChI=1S/C16H18N4O2/c1-11-8-12(2)20(18-11)10-16-17-15(19-22-16)9-13-4-6-14(21-3)7-5-13/h4-8H,9-10H2,1-3H3. The lowest BCUT2D eigenvalue weighted by atomic mass is 10.1. The van der Waals surface area contributed by atoms with Crippen LogP contribution in [-0.4, -0.2) is 27.0 Å². The van der Waals surface area contributed by atoms with Gasteiger partial charge < -0.3 is 9.26 Å². The zero-order valence-electron chi connectivity index (χ0n) is 12.9. The molecule has 0 saturated heterocycles. The number of nitrogens with zero attached hydrogens (tertiary/aromatic N) is 4. The van der Waals surface area contributed by atoms with Crippen molar-refractivity contribution in [3.63, 3.8) is 0 Å². The van der Waals surface area contributed by atoms with E-state index in [1.807, 2.05) is 48.9 Å². The second kappa shape index (κ2) is 6.01. The summed E-state index contributed by atoms with van der Waals surface area (Å²) in [6.07, 6.45) is 0.630. The first-order chi connectivity index (χ1) is 10.6. The number of aryl methyl sites for hydroxylation is 2. The van der Waals surface area contributed by atoms with Crippen LogP contribution in [0.25, 0.3) is 0 Å². The molecule has 0 amide bonds. The highest BCUT2D eigenvalue weighted by molar-refractivity contribution is 5.28. The zero-order valence-corrected chi connectivity index (χ0v) is 12.9. The number of rotatable bonds is 5. The molecule has 3 rings (SSSR count). The van der Waals surface area contributed by atoms with Crippen molar-refractivity contribution in [3.8, 4) is 5.75 Å². The predicted molar refractivity (Wildman–Crippen MR) is 80.9 cm³/mol. The Balaban J connectivity index is 1.69. The summed E-state index contributed by atoms with van der Waals surface area (Å²) in [5, 5.41) is 8.42. The van der Waals surface area contributed by atoms with Gasteiger partial charge in [-0.25, -0.2) is 0 Å². The van der Waals surface area contributed by atoms with E-state index in [1.54, 1.807) is 7.11 Å². The maximum Gasteiger partial charge on any atom is 0.248 e. The van der Waals surface area contributed by atoms with E-state index >= 15 is 0 Å². The normalized spacial score (nSPS) is 10.9. The van der Waals surface area contributed by atoms with Crippen LogP contribution in [-0.2, 0) is 13.0 Å².